The fraction of sp³-hybridized carbons (Fsp3) is 0.417. The van der Waals surface area contributed by atoms with Crippen molar-refractivity contribution in [1.82, 2.24) is 9.88 Å². The normalized spacial score (nSPS) is 18.5. The molecule has 0 aliphatic carbocycles. The van der Waals surface area contributed by atoms with Crippen molar-refractivity contribution in [2.24, 2.45) is 5.92 Å². The van der Waals surface area contributed by atoms with Gasteiger partial charge in [-0.1, -0.05) is 6.07 Å². The van der Waals surface area contributed by atoms with Gasteiger partial charge in [0.05, 0.1) is 0 Å². The molecule has 2 nitrogen and oxygen atoms in total. The summed E-state index contributed by atoms with van der Waals surface area (Å²) in [6, 6.07) is 4.19. The van der Waals surface area contributed by atoms with E-state index in [4.69, 9.17) is 0 Å². The molecule has 1 fully saturated rings. The molecule has 0 amide bonds. The first kappa shape index (κ1) is 13.3. The molecule has 0 aromatic carbocycles. The molecule has 0 atom stereocenters. The van der Waals surface area contributed by atoms with Gasteiger partial charge in [0.1, 0.15) is 0 Å². The Hall–Kier alpha value is -0.730. The number of pyridine rings is 1. The van der Waals surface area contributed by atoms with E-state index >= 15 is 0 Å². The highest BCUT2D eigenvalue weighted by Crippen LogP contribution is 2.36. The average molecular weight is 259 g/mol. The average Bonchev–Trinajstić information content (AvgIpc) is 2.32. The van der Waals surface area contributed by atoms with Crippen molar-refractivity contribution in [2.75, 3.05) is 13.1 Å². The molecule has 4 rings (SSSR count). The summed E-state index contributed by atoms with van der Waals surface area (Å²) in [4.78, 5) is 6.62. The number of aromatic nitrogens is 1. The second kappa shape index (κ2) is 5.55. The van der Waals surface area contributed by atoms with Crippen LogP contribution in [-0.4, -0.2) is 23.0 Å². The summed E-state index contributed by atoms with van der Waals surface area (Å²) in [7, 11) is 0. The van der Waals surface area contributed by atoms with Crippen molar-refractivity contribution in [3.05, 3.63) is 36.3 Å². The largest absolute Gasteiger partial charge is 0.377 e. The zero-order valence-corrected chi connectivity index (χ0v) is 10.6. The smallest absolute Gasteiger partial charge is 0.0343 e. The third-order valence-electron chi connectivity index (χ3n) is 3.29. The first-order valence-electron chi connectivity index (χ1n) is 5.29. The first-order chi connectivity index (χ1) is 6.93. The molecule has 0 unspecified atom stereocenters. The Balaban J connectivity index is 0.000000640. The molecule has 2 bridgehead atoms. The van der Waals surface area contributed by atoms with Crippen LogP contribution in [0.1, 0.15) is 18.4 Å². The van der Waals surface area contributed by atoms with Gasteiger partial charge in [-0.25, -0.2) is 0 Å². The Morgan fingerprint density at radius 1 is 1.19 bits per heavy atom. The lowest BCUT2D eigenvalue weighted by Gasteiger charge is -2.39. The Morgan fingerprint density at radius 3 is 2.44 bits per heavy atom. The Bertz CT molecular complexity index is 357. The van der Waals surface area contributed by atoms with Crippen molar-refractivity contribution in [3.63, 3.8) is 0 Å². The number of halogens is 2. The van der Waals surface area contributed by atoms with Gasteiger partial charge < -0.3 is 4.90 Å². The second-order valence-corrected chi connectivity index (χ2v) is 4.14. The number of hydrogen-bond acceptors (Lipinski definition) is 2. The van der Waals surface area contributed by atoms with E-state index in [1.807, 2.05) is 18.5 Å². The summed E-state index contributed by atoms with van der Waals surface area (Å²) in [6.07, 6.45) is 8.79. The fourth-order valence-electron chi connectivity index (χ4n) is 2.49. The number of piperidine rings is 1. The minimum Gasteiger partial charge on any atom is -0.377 e. The van der Waals surface area contributed by atoms with Gasteiger partial charge in [0.2, 0.25) is 0 Å². The summed E-state index contributed by atoms with van der Waals surface area (Å²) in [6.45, 7) is 2.49. The van der Waals surface area contributed by atoms with Crippen LogP contribution in [0, 0.1) is 5.92 Å². The molecule has 3 aliphatic rings. The zero-order chi connectivity index (χ0) is 9.38. The molecule has 3 aliphatic heterocycles. The van der Waals surface area contributed by atoms with Gasteiger partial charge in [-0.2, -0.15) is 0 Å². The molecule has 0 saturated carbocycles. The number of hydrogen-bond donors (Lipinski definition) is 0. The maximum absolute atomic E-state index is 4.18. The van der Waals surface area contributed by atoms with Crippen LogP contribution in [0.25, 0.3) is 5.57 Å². The lowest BCUT2D eigenvalue weighted by atomic mass is 9.83. The van der Waals surface area contributed by atoms with Crippen LogP contribution in [0.4, 0.5) is 0 Å². The van der Waals surface area contributed by atoms with Crippen molar-refractivity contribution in [2.45, 2.75) is 12.8 Å². The Morgan fingerprint density at radius 2 is 1.94 bits per heavy atom. The highest BCUT2D eigenvalue weighted by atomic mass is 35.5. The van der Waals surface area contributed by atoms with E-state index < -0.39 is 0 Å². The minimum atomic E-state index is 0. The van der Waals surface area contributed by atoms with Gasteiger partial charge in [0, 0.05) is 31.7 Å². The molecule has 1 saturated heterocycles. The summed E-state index contributed by atoms with van der Waals surface area (Å²) in [5, 5.41) is 0. The maximum Gasteiger partial charge on any atom is 0.0343 e. The van der Waals surface area contributed by atoms with Crippen LogP contribution in [0.3, 0.4) is 0 Å². The van der Waals surface area contributed by atoms with Crippen molar-refractivity contribution in [3.8, 4) is 0 Å². The SMILES string of the molecule is C1=C(c2cccnc2)C2CCN1CC2.Cl.Cl. The minimum absolute atomic E-state index is 0. The van der Waals surface area contributed by atoms with E-state index in [9.17, 15) is 0 Å². The molecule has 0 spiro atoms. The molecule has 4 heteroatoms. The first-order valence-corrected chi connectivity index (χ1v) is 5.29. The van der Waals surface area contributed by atoms with E-state index in [2.05, 4.69) is 22.2 Å². The van der Waals surface area contributed by atoms with Crippen LogP contribution in [0.5, 0.6) is 0 Å². The predicted octanol–water partition coefficient (Wildman–Crippen LogP) is 2.99. The van der Waals surface area contributed by atoms with Crippen LogP contribution in [-0.2, 0) is 0 Å². The van der Waals surface area contributed by atoms with Gasteiger partial charge in [-0.3, -0.25) is 4.98 Å². The number of fused-ring (bicyclic) bond motifs is 2. The van der Waals surface area contributed by atoms with Gasteiger partial charge in [-0.05, 0) is 36.0 Å². The summed E-state index contributed by atoms with van der Waals surface area (Å²) in [5.74, 6) is 0.782. The third kappa shape index (κ3) is 2.33. The second-order valence-electron chi connectivity index (χ2n) is 4.14. The highest BCUT2D eigenvalue weighted by Gasteiger charge is 2.27. The molecular formula is C12H16Cl2N2. The van der Waals surface area contributed by atoms with Crippen LogP contribution < -0.4 is 0 Å². The number of rotatable bonds is 1. The van der Waals surface area contributed by atoms with Crippen molar-refractivity contribution >= 4 is 30.4 Å². The van der Waals surface area contributed by atoms with Gasteiger partial charge >= 0.3 is 0 Å². The van der Waals surface area contributed by atoms with Crippen molar-refractivity contribution in [1.29, 1.82) is 0 Å². The van der Waals surface area contributed by atoms with E-state index in [0.29, 0.717) is 0 Å². The Kier molecular flexibility index (Phi) is 4.63. The number of allylic oxidation sites excluding steroid dienone is 1. The predicted molar refractivity (Wildman–Crippen MR) is 71.0 cm³/mol. The molecule has 0 N–H and O–H groups in total. The molecular weight excluding hydrogens is 243 g/mol. The molecule has 1 aromatic heterocycles. The summed E-state index contributed by atoms with van der Waals surface area (Å²) >= 11 is 0. The van der Waals surface area contributed by atoms with Crippen LogP contribution >= 0.6 is 24.8 Å². The monoisotopic (exact) mass is 258 g/mol. The fourth-order valence-corrected chi connectivity index (χ4v) is 2.49. The van der Waals surface area contributed by atoms with E-state index in [1.165, 1.54) is 37.1 Å². The van der Waals surface area contributed by atoms with Gasteiger partial charge in [0.25, 0.3) is 0 Å². The molecule has 88 valence electrons. The van der Waals surface area contributed by atoms with Crippen LogP contribution in [0.2, 0.25) is 0 Å². The van der Waals surface area contributed by atoms with Crippen molar-refractivity contribution < 1.29 is 0 Å². The molecule has 0 radical (unpaired) electrons. The summed E-state index contributed by atoms with van der Waals surface area (Å²) in [5.41, 5.74) is 2.80. The number of nitrogens with zero attached hydrogens (tertiary/aromatic N) is 2. The highest BCUT2D eigenvalue weighted by molar-refractivity contribution is 5.85. The Labute approximate surface area is 109 Å². The van der Waals surface area contributed by atoms with E-state index in [-0.39, 0.29) is 24.8 Å². The topological polar surface area (TPSA) is 16.1 Å². The maximum atomic E-state index is 4.18. The van der Waals surface area contributed by atoms with Gasteiger partial charge in [-0.15, -0.1) is 24.8 Å². The van der Waals surface area contributed by atoms with Gasteiger partial charge in [0.15, 0.2) is 0 Å². The molecule has 16 heavy (non-hydrogen) atoms. The quantitative estimate of drug-likeness (QED) is 0.770. The van der Waals surface area contributed by atoms with E-state index in [1.54, 1.807) is 0 Å². The lowest BCUT2D eigenvalue weighted by molar-refractivity contribution is 0.252. The molecule has 1 aromatic rings. The zero-order valence-electron chi connectivity index (χ0n) is 9.00. The summed E-state index contributed by atoms with van der Waals surface area (Å²) < 4.78 is 0. The standard InChI is InChI=1S/C12H14N2.2ClH/c1-2-11(8-13-5-1)12-9-14-6-3-10(12)4-7-14;;/h1-2,5,8-10H,3-4,6-7H2;2*1H. The lowest BCUT2D eigenvalue weighted by Crippen LogP contribution is -2.35. The third-order valence-corrected chi connectivity index (χ3v) is 3.29. The molecule has 4 heterocycles. The van der Waals surface area contributed by atoms with Crippen LogP contribution in [0.15, 0.2) is 30.7 Å². The van der Waals surface area contributed by atoms with E-state index in [0.717, 1.165) is 5.92 Å².